The van der Waals surface area contributed by atoms with E-state index in [1.165, 1.54) is 11.1 Å². The van der Waals surface area contributed by atoms with Crippen LogP contribution in [0, 0.1) is 39.4 Å². The molecular formula is C22H41B2I5O2V2-. The normalized spacial score (nSPS) is 30.7. The van der Waals surface area contributed by atoms with Crippen molar-refractivity contribution in [2.24, 2.45) is 34.5 Å². The molecule has 0 spiro atoms. The number of hydrogen-bond donors (Lipinski definition) is 0. The van der Waals surface area contributed by atoms with Crippen LogP contribution in [0.1, 0.15) is 41.5 Å². The zero-order chi connectivity index (χ0) is 24.9. The molecule has 0 aromatic heterocycles. The number of ether oxygens (including phenoxy) is 2. The maximum absolute atomic E-state index is 5.18. The predicted molar refractivity (Wildman–Crippen MR) is 188 cm³/mol. The first-order valence-corrected chi connectivity index (χ1v) is 26.8. The molecule has 7 radical (unpaired) electrons. The van der Waals surface area contributed by atoms with Crippen molar-refractivity contribution < 1.29 is 32.9 Å². The molecule has 2 fully saturated rings. The van der Waals surface area contributed by atoms with Crippen LogP contribution in [0.15, 0.2) is 24.3 Å². The summed E-state index contributed by atoms with van der Waals surface area (Å²) in [5, 5.41) is 0. The van der Waals surface area contributed by atoms with Gasteiger partial charge in [0.15, 0.2) is 0 Å². The molecule has 0 N–H and O–H groups in total. The Labute approximate surface area is 287 Å². The first kappa shape index (κ1) is 50.2. The summed E-state index contributed by atoms with van der Waals surface area (Å²) in [4.78, 5) is 4.91. The third kappa shape index (κ3) is 15.6. The molecule has 193 valence electrons. The molecule has 2 rings (SSSR count). The number of methoxy groups -OCH3 is 2. The quantitative estimate of drug-likeness (QED) is 0.0921. The van der Waals surface area contributed by atoms with E-state index in [9.17, 15) is 0 Å². The van der Waals surface area contributed by atoms with E-state index in [-0.39, 0.29) is 51.1 Å². The summed E-state index contributed by atoms with van der Waals surface area (Å²) in [6, 6.07) is 0. The van der Waals surface area contributed by atoms with E-state index in [1.54, 1.807) is 14.2 Å². The molecule has 2 nitrogen and oxygen atoms in total. The summed E-state index contributed by atoms with van der Waals surface area (Å²) in [6.07, 6.45) is 0. The minimum atomic E-state index is -0.278. The number of alkyl halides is 1. The molecule has 0 aliphatic heterocycles. The average Bonchev–Trinajstić information content (AvgIpc) is 2.74. The van der Waals surface area contributed by atoms with Gasteiger partial charge in [0.2, 0.25) is 0 Å². The van der Waals surface area contributed by atoms with Gasteiger partial charge in [0.05, 0.1) is 13.2 Å². The maximum atomic E-state index is 5.18. The van der Waals surface area contributed by atoms with Gasteiger partial charge in [-0.05, 0) is 28.6 Å². The summed E-state index contributed by atoms with van der Waals surface area (Å²) in [5.41, 5.74) is 3.20. The summed E-state index contributed by atoms with van der Waals surface area (Å²) in [6.45, 7) is 23.3. The molecule has 0 unspecified atom stereocenters. The van der Waals surface area contributed by atoms with Crippen LogP contribution in [-0.4, -0.2) is 49.2 Å². The van der Waals surface area contributed by atoms with Gasteiger partial charge in [0, 0.05) is 60.4 Å². The van der Waals surface area contributed by atoms with Gasteiger partial charge in [0.1, 0.15) is 0 Å². The van der Waals surface area contributed by atoms with E-state index in [4.69, 9.17) is 9.47 Å². The summed E-state index contributed by atoms with van der Waals surface area (Å²) in [7, 11) is 3.52. The molecule has 0 aromatic rings. The Bertz CT molecular complexity index is 465. The Balaban J connectivity index is -0.0000000788. The van der Waals surface area contributed by atoms with Crippen LogP contribution in [0.3, 0.4) is 0 Å². The zero-order valence-corrected chi connectivity index (χ0v) is 35.2. The molecule has 11 heteroatoms. The summed E-state index contributed by atoms with van der Waals surface area (Å²) < 4.78 is 10.4. The molecule has 2 aliphatic rings. The third-order valence-corrected chi connectivity index (χ3v) is 6.96. The van der Waals surface area contributed by atoms with E-state index < -0.39 is 0 Å². The van der Waals surface area contributed by atoms with Crippen molar-refractivity contribution in [2.75, 3.05) is 32.4 Å². The molecule has 0 amide bonds. The van der Waals surface area contributed by atoms with Crippen molar-refractivity contribution in [2.45, 2.75) is 41.5 Å². The largest absolute Gasteiger partial charge is 0 e. The third-order valence-electron chi connectivity index (χ3n) is 6.96. The Morgan fingerprint density at radius 3 is 1.09 bits per heavy atom. The number of rotatable bonds is 4. The molecule has 0 heterocycles. The summed E-state index contributed by atoms with van der Waals surface area (Å²) in [5.74, 6) is 2.79. The molecule has 2 saturated carbocycles. The van der Waals surface area contributed by atoms with Crippen LogP contribution < -0.4 is 0 Å². The van der Waals surface area contributed by atoms with Gasteiger partial charge >= 0.3 is 64.9 Å². The zero-order valence-electron chi connectivity index (χ0n) is 21.6. The molecule has 0 bridgehead atoms. The van der Waals surface area contributed by atoms with E-state index in [0.717, 1.165) is 25.0 Å². The van der Waals surface area contributed by atoms with Crippen LogP contribution >= 0.6 is 105 Å². The standard InChI is InChI=1S/2C10H18O.CH3I.CH2I.2B.3HI.2V/c2*1-7-8(2)10(4,6-11-5)9(7)3;2*1-2;;;;;;;/h2*7,9H,2,6H2,1,3-5H3;1H3;1H2;;;3*1H;;/q;;;-1;;;;;;;+3/p-3/t7-,9+,10+;7-,9-,10-;;;;;;;;;/m10........./s1. The van der Waals surface area contributed by atoms with Crippen molar-refractivity contribution >= 4 is 122 Å². The van der Waals surface area contributed by atoms with Crippen molar-refractivity contribution in [3.63, 3.8) is 0 Å². The first-order valence-electron chi connectivity index (χ1n) is 9.59. The molecule has 6 atom stereocenters. The van der Waals surface area contributed by atoms with Gasteiger partial charge in [-0.25, -0.2) is 0 Å². The van der Waals surface area contributed by atoms with Crippen LogP contribution in [0.25, 0.3) is 0 Å². The fraction of sp³-hybridized carbons (Fsp3) is 0.773. The van der Waals surface area contributed by atoms with E-state index in [2.05, 4.69) is 142 Å². The van der Waals surface area contributed by atoms with Crippen LogP contribution in [-0.2, 0) is 32.9 Å². The predicted octanol–water partition coefficient (Wildman–Crippen LogP) is 9.12. The Morgan fingerprint density at radius 1 is 0.788 bits per heavy atom. The fourth-order valence-electron chi connectivity index (χ4n) is 4.19. The minimum Gasteiger partial charge on any atom is 0 e. The number of hydrogen-bond acceptors (Lipinski definition) is 2. The van der Waals surface area contributed by atoms with Crippen LogP contribution in [0.2, 0.25) is 0 Å². The Kier molecular flexibility index (Phi) is 40.4. The van der Waals surface area contributed by atoms with Gasteiger partial charge in [-0.15, -0.1) is 0 Å². The fourth-order valence-corrected chi connectivity index (χ4v) is 4.19. The molecule has 33 heavy (non-hydrogen) atoms. The van der Waals surface area contributed by atoms with Crippen molar-refractivity contribution in [1.29, 1.82) is 0 Å². The second kappa shape index (κ2) is 26.6. The van der Waals surface area contributed by atoms with E-state index in [0.29, 0.717) is 11.8 Å². The maximum Gasteiger partial charge on any atom is 0 e. The second-order valence-corrected chi connectivity index (χ2v) is 43.5. The Morgan fingerprint density at radius 2 is 0.970 bits per heavy atom. The van der Waals surface area contributed by atoms with E-state index >= 15 is 0 Å². The molecule has 0 saturated heterocycles. The monoisotopic (exact) mass is 1100 g/mol. The van der Waals surface area contributed by atoms with Crippen molar-refractivity contribution in [3.05, 3.63) is 29.2 Å². The first-order chi connectivity index (χ1) is 13.8. The van der Waals surface area contributed by atoms with Crippen molar-refractivity contribution in [1.82, 2.24) is 0 Å². The van der Waals surface area contributed by atoms with Crippen LogP contribution in [0.5, 0.6) is 0 Å². The van der Waals surface area contributed by atoms with Gasteiger partial charge in [-0.3, -0.25) is 4.93 Å². The Hall–Kier alpha value is 4.35. The van der Waals surface area contributed by atoms with Gasteiger partial charge in [0.25, 0.3) is 0 Å². The van der Waals surface area contributed by atoms with Gasteiger partial charge in [-0.2, -0.15) is 0 Å². The molecule has 2 aliphatic carbocycles. The molecular weight excluding hydrogens is 1050 g/mol. The second-order valence-electron chi connectivity index (χ2n) is 8.10. The number of halogens is 5. The minimum absolute atomic E-state index is 0. The SMILES string of the molecule is C=C1[C@@H](C)[C@H](C)[C@@]1(C)COC.C=C1[C@H](C)[C@H](C)[C@@]1(C)COC.CI.[B].[B].[CH2-]I.[I][V]([I])[I].[V]. The smallest absolute Gasteiger partial charge is 0 e. The average molecular weight is 1100 g/mol. The summed E-state index contributed by atoms with van der Waals surface area (Å²) >= 11 is 11.4. The topological polar surface area (TPSA) is 18.5 Å². The van der Waals surface area contributed by atoms with Crippen molar-refractivity contribution in [3.8, 4) is 0 Å². The van der Waals surface area contributed by atoms with E-state index in [1.807, 2.05) is 27.5 Å². The van der Waals surface area contributed by atoms with Crippen LogP contribution in [0.4, 0.5) is 0 Å². The molecule has 0 aromatic carbocycles. The van der Waals surface area contributed by atoms with Gasteiger partial charge < -0.3 is 32.1 Å². The van der Waals surface area contributed by atoms with Gasteiger partial charge in [-0.1, -0.05) is 88.4 Å².